The van der Waals surface area contributed by atoms with Crippen LogP contribution in [0.4, 0.5) is 21.6 Å². The summed E-state index contributed by atoms with van der Waals surface area (Å²) in [6, 6.07) is 14.4. The second-order valence-corrected chi connectivity index (χ2v) is 7.63. The molecule has 0 saturated carbocycles. The fourth-order valence-corrected chi connectivity index (χ4v) is 3.96. The summed E-state index contributed by atoms with van der Waals surface area (Å²) in [4.78, 5) is 22.9. The van der Waals surface area contributed by atoms with Crippen LogP contribution in [-0.4, -0.2) is 31.8 Å². The Hall–Kier alpha value is -4.33. The molecule has 2 aliphatic rings. The van der Waals surface area contributed by atoms with Crippen molar-refractivity contribution >= 4 is 39.9 Å². The average Bonchev–Trinajstić information content (AvgIpc) is 3.54. The number of aliphatic imine (C=N–C) groups is 1. The lowest BCUT2D eigenvalue weighted by molar-refractivity contribution is 0.627. The molecule has 0 fully saturated rings. The third-order valence-electron chi connectivity index (χ3n) is 5.49. The van der Waals surface area contributed by atoms with Gasteiger partial charge < -0.3 is 10.3 Å². The van der Waals surface area contributed by atoms with Gasteiger partial charge in [-0.1, -0.05) is 30.4 Å². The molecule has 3 heterocycles. The zero-order valence-corrected chi connectivity index (χ0v) is 17.1. The van der Waals surface area contributed by atoms with Crippen molar-refractivity contribution in [1.29, 1.82) is 0 Å². The first kappa shape index (κ1) is 18.4. The molecule has 0 bridgehead atoms. The predicted molar refractivity (Wildman–Crippen MR) is 123 cm³/mol. The summed E-state index contributed by atoms with van der Waals surface area (Å²) in [5.74, 6) is 1.13. The molecule has 2 aromatic carbocycles. The summed E-state index contributed by atoms with van der Waals surface area (Å²) in [5, 5.41) is 3.45. The number of halogens is 1. The molecule has 0 unspecified atom stereocenters. The van der Waals surface area contributed by atoms with Crippen molar-refractivity contribution in [3.05, 3.63) is 90.3 Å². The first-order valence-electron chi connectivity index (χ1n) is 10.3. The molecule has 1 aliphatic carbocycles. The zero-order chi connectivity index (χ0) is 21.7. The van der Waals surface area contributed by atoms with Crippen LogP contribution >= 0.6 is 0 Å². The highest BCUT2D eigenvalue weighted by molar-refractivity contribution is 6.17. The maximum atomic E-state index is 14.2. The average molecular weight is 423 g/mol. The number of imidazole rings is 1. The third kappa shape index (κ3) is 3.04. The fraction of sp³-hybridized carbons (Fsp3) is 0.0833. The Kier molecular flexibility index (Phi) is 4.10. The van der Waals surface area contributed by atoms with E-state index in [1.807, 2.05) is 49.4 Å². The van der Waals surface area contributed by atoms with E-state index in [1.54, 1.807) is 18.5 Å². The third-order valence-corrected chi connectivity index (χ3v) is 5.49. The van der Waals surface area contributed by atoms with Crippen LogP contribution in [0.15, 0.2) is 83.9 Å². The summed E-state index contributed by atoms with van der Waals surface area (Å²) in [6.45, 7) is 2.02. The van der Waals surface area contributed by atoms with Crippen molar-refractivity contribution in [2.24, 2.45) is 4.99 Å². The standard InChI is InChI=1S/C24H18FN7/c1-14(30-23-20-22(27-12-26-20)28-13-29-23)24-31-19-10-9-16(25)11-18(19)21(15-7-8-15)32(24)17-5-3-2-4-6-17/h2-14H,1H3,(H2,26,27,28,29,30)/t14-/m0/s1. The summed E-state index contributed by atoms with van der Waals surface area (Å²) in [7, 11) is 0. The molecule has 32 heavy (non-hydrogen) atoms. The van der Waals surface area contributed by atoms with Crippen LogP contribution in [-0.2, 0) is 0 Å². The maximum Gasteiger partial charge on any atom is 0.182 e. The van der Waals surface area contributed by atoms with Crippen LogP contribution in [0.5, 0.6) is 0 Å². The molecule has 1 atom stereocenters. The Morgan fingerprint density at radius 2 is 1.88 bits per heavy atom. The number of fused-ring (bicyclic) bond motifs is 2. The quantitative estimate of drug-likeness (QED) is 0.492. The van der Waals surface area contributed by atoms with Gasteiger partial charge in [0, 0.05) is 11.3 Å². The highest BCUT2D eigenvalue weighted by Crippen LogP contribution is 2.43. The lowest BCUT2D eigenvalue weighted by Crippen LogP contribution is -2.42. The normalized spacial score (nSPS) is 15.6. The topological polar surface area (TPSA) is 82.1 Å². The molecule has 6 rings (SSSR count). The van der Waals surface area contributed by atoms with Gasteiger partial charge in [-0.05, 0) is 42.8 Å². The highest BCUT2D eigenvalue weighted by Gasteiger charge is 2.33. The molecule has 2 N–H and O–H groups in total. The maximum absolute atomic E-state index is 14.2. The van der Waals surface area contributed by atoms with Gasteiger partial charge in [-0.3, -0.25) is 4.90 Å². The summed E-state index contributed by atoms with van der Waals surface area (Å²) >= 11 is 0. The van der Waals surface area contributed by atoms with Crippen LogP contribution in [0.3, 0.4) is 0 Å². The summed E-state index contributed by atoms with van der Waals surface area (Å²) < 4.78 is 14.2. The monoisotopic (exact) mass is 423 g/mol. The van der Waals surface area contributed by atoms with Gasteiger partial charge in [0.2, 0.25) is 0 Å². The number of allylic oxidation sites excluding steroid dienone is 3. The number of hydrogen-bond acceptors (Lipinski definition) is 6. The lowest BCUT2D eigenvalue weighted by Gasteiger charge is -2.36. The van der Waals surface area contributed by atoms with E-state index >= 15 is 0 Å². The van der Waals surface area contributed by atoms with Crippen molar-refractivity contribution < 1.29 is 4.39 Å². The molecule has 7 nitrogen and oxygen atoms in total. The molecule has 8 heteroatoms. The number of para-hydroxylation sites is 1. The van der Waals surface area contributed by atoms with Gasteiger partial charge >= 0.3 is 0 Å². The SMILES string of the molecule is C[C@H](Nc1ncnc2nc[nH]c12)C1=Nc2ccc(F)cc2C(=C2C=C2)N1c1ccccc1. The van der Waals surface area contributed by atoms with Gasteiger partial charge in [0.15, 0.2) is 11.5 Å². The van der Waals surface area contributed by atoms with E-state index in [9.17, 15) is 4.39 Å². The van der Waals surface area contributed by atoms with Crippen molar-refractivity contribution in [3.63, 3.8) is 0 Å². The molecular formula is C24H18FN7. The van der Waals surface area contributed by atoms with Crippen LogP contribution in [0.1, 0.15) is 12.5 Å². The lowest BCUT2D eigenvalue weighted by atomic mass is 10.0. The first-order valence-corrected chi connectivity index (χ1v) is 10.3. The number of nitrogens with zero attached hydrogens (tertiary/aromatic N) is 5. The molecule has 156 valence electrons. The Balaban J connectivity index is 1.50. The van der Waals surface area contributed by atoms with Gasteiger partial charge in [0.05, 0.1) is 23.8 Å². The minimum absolute atomic E-state index is 0.232. The Bertz CT molecular complexity index is 1430. The molecule has 0 spiro atoms. The van der Waals surface area contributed by atoms with Gasteiger partial charge in [0.25, 0.3) is 0 Å². The van der Waals surface area contributed by atoms with Gasteiger partial charge in [0.1, 0.15) is 23.5 Å². The van der Waals surface area contributed by atoms with Crippen molar-refractivity contribution in [1.82, 2.24) is 19.9 Å². The van der Waals surface area contributed by atoms with E-state index in [0.29, 0.717) is 11.5 Å². The minimum Gasteiger partial charge on any atom is -0.358 e. The van der Waals surface area contributed by atoms with Crippen LogP contribution in [0.2, 0.25) is 0 Å². The van der Waals surface area contributed by atoms with Gasteiger partial charge in [-0.15, -0.1) is 0 Å². The largest absolute Gasteiger partial charge is 0.358 e. The number of aromatic amines is 1. The van der Waals surface area contributed by atoms with Crippen LogP contribution in [0.25, 0.3) is 16.9 Å². The van der Waals surface area contributed by atoms with Crippen molar-refractivity contribution in [2.45, 2.75) is 13.0 Å². The van der Waals surface area contributed by atoms with Crippen LogP contribution in [0, 0.1) is 5.82 Å². The van der Waals surface area contributed by atoms with E-state index in [2.05, 4.69) is 30.2 Å². The number of H-pyrrole nitrogens is 1. The highest BCUT2D eigenvalue weighted by atomic mass is 19.1. The fourth-order valence-electron chi connectivity index (χ4n) is 3.96. The van der Waals surface area contributed by atoms with Gasteiger partial charge in [-0.2, -0.15) is 0 Å². The number of anilines is 2. The number of hydrogen-bond donors (Lipinski definition) is 2. The Labute approximate surface area is 183 Å². The second-order valence-electron chi connectivity index (χ2n) is 7.63. The number of rotatable bonds is 4. The molecule has 1 aliphatic heterocycles. The minimum atomic E-state index is -0.289. The van der Waals surface area contributed by atoms with E-state index in [1.165, 1.54) is 12.4 Å². The van der Waals surface area contributed by atoms with E-state index in [4.69, 9.17) is 4.99 Å². The molecule has 2 aromatic heterocycles. The van der Waals surface area contributed by atoms with Gasteiger partial charge in [-0.25, -0.2) is 24.3 Å². The second kappa shape index (κ2) is 7.12. The van der Waals surface area contributed by atoms with Crippen molar-refractivity contribution in [3.8, 4) is 0 Å². The number of nitrogens with one attached hydrogen (secondary N) is 2. The van der Waals surface area contributed by atoms with E-state index in [-0.39, 0.29) is 11.9 Å². The van der Waals surface area contributed by atoms with E-state index in [0.717, 1.165) is 39.6 Å². The van der Waals surface area contributed by atoms with E-state index < -0.39 is 0 Å². The summed E-state index contributed by atoms with van der Waals surface area (Å²) in [5.41, 5.74) is 5.73. The number of amidine groups is 1. The number of aromatic nitrogens is 4. The molecule has 0 radical (unpaired) electrons. The zero-order valence-electron chi connectivity index (χ0n) is 17.1. The molecular weight excluding hydrogens is 405 g/mol. The Morgan fingerprint density at radius 1 is 1.03 bits per heavy atom. The Morgan fingerprint density at radius 3 is 2.69 bits per heavy atom. The van der Waals surface area contributed by atoms with Crippen molar-refractivity contribution in [2.75, 3.05) is 10.2 Å². The predicted octanol–water partition coefficient (Wildman–Crippen LogP) is 4.82. The molecule has 4 aromatic rings. The number of benzene rings is 2. The summed E-state index contributed by atoms with van der Waals surface area (Å²) in [6.07, 6.45) is 7.13. The molecule has 0 saturated heterocycles. The molecule has 0 amide bonds. The van der Waals surface area contributed by atoms with Crippen LogP contribution < -0.4 is 10.2 Å². The first-order chi connectivity index (χ1) is 15.7. The smallest absolute Gasteiger partial charge is 0.182 e.